The van der Waals surface area contributed by atoms with Crippen molar-refractivity contribution in [2.75, 3.05) is 13.1 Å². The topological polar surface area (TPSA) is 90.5 Å². The summed E-state index contributed by atoms with van der Waals surface area (Å²) in [6.45, 7) is 8.76. The second-order valence-corrected chi connectivity index (χ2v) is 8.45. The summed E-state index contributed by atoms with van der Waals surface area (Å²) in [4.78, 5) is 38.2. The van der Waals surface area contributed by atoms with Gasteiger partial charge < -0.3 is 10.6 Å². The van der Waals surface area contributed by atoms with Crippen LogP contribution in [0, 0.1) is 0 Å². The molecule has 1 atom stereocenters. The molecule has 26 heavy (non-hydrogen) atoms. The molecule has 1 aliphatic heterocycles. The maximum Gasteiger partial charge on any atom is 0.321 e. The average Bonchev–Trinajstić information content (AvgIpc) is 3.07. The molecular weight excluding hydrogens is 352 g/mol. The first-order valence-corrected chi connectivity index (χ1v) is 9.80. The molecule has 144 valence electrons. The van der Waals surface area contributed by atoms with Gasteiger partial charge in [0.2, 0.25) is 5.91 Å². The van der Waals surface area contributed by atoms with Crippen LogP contribution in [-0.4, -0.2) is 53.5 Å². The van der Waals surface area contributed by atoms with Gasteiger partial charge in [0, 0.05) is 35.6 Å². The van der Waals surface area contributed by atoms with Gasteiger partial charge in [0.25, 0.3) is 5.91 Å². The number of likely N-dealkylation sites (tertiary alicyclic amines) is 1. The van der Waals surface area contributed by atoms with E-state index in [1.165, 1.54) is 11.3 Å². The molecule has 1 aromatic heterocycles. The Bertz CT molecular complexity index is 631. The molecule has 8 heteroatoms. The number of hydrogen-bond donors (Lipinski definition) is 3. The molecule has 0 bridgehead atoms. The maximum absolute atomic E-state index is 12.3. The molecule has 1 unspecified atom stereocenters. The Morgan fingerprint density at radius 2 is 1.88 bits per heavy atom. The van der Waals surface area contributed by atoms with E-state index in [2.05, 4.69) is 16.0 Å². The highest BCUT2D eigenvalue weighted by molar-refractivity contribution is 7.08. The second kappa shape index (κ2) is 8.64. The molecule has 2 heterocycles. The Morgan fingerprint density at radius 1 is 1.23 bits per heavy atom. The predicted octanol–water partition coefficient (Wildman–Crippen LogP) is 1.96. The first-order chi connectivity index (χ1) is 12.2. The zero-order valence-corrected chi connectivity index (χ0v) is 16.6. The number of carbonyl (C=O) groups excluding carboxylic acids is 3. The van der Waals surface area contributed by atoms with Crippen molar-refractivity contribution >= 4 is 29.2 Å². The molecule has 2 rings (SSSR count). The Balaban J connectivity index is 1.76. The minimum atomic E-state index is -0.479. The Hall–Kier alpha value is -1.93. The second-order valence-electron chi connectivity index (χ2n) is 7.67. The Labute approximate surface area is 158 Å². The van der Waals surface area contributed by atoms with Crippen LogP contribution >= 0.6 is 11.3 Å². The summed E-state index contributed by atoms with van der Waals surface area (Å²) in [6.07, 6.45) is 1.56. The minimum absolute atomic E-state index is 0.0469. The number of imide groups is 1. The number of nitrogens with one attached hydrogen (secondary N) is 3. The number of carbonyl (C=O) groups is 3. The standard InChI is InChI=1S/C18H28N4O3S/c1-12(15(23)20-17(25)21-18(2,3)4)22-8-5-14(6-9-22)19-16(24)13-7-10-26-11-13/h7,10-12,14H,5-6,8-9H2,1-4H3,(H,19,24)(H2,20,21,23,25). The van der Waals surface area contributed by atoms with Crippen LogP contribution in [-0.2, 0) is 4.79 Å². The van der Waals surface area contributed by atoms with Crippen molar-refractivity contribution in [1.29, 1.82) is 0 Å². The zero-order chi connectivity index (χ0) is 19.3. The highest BCUT2D eigenvalue weighted by Crippen LogP contribution is 2.15. The van der Waals surface area contributed by atoms with Crippen LogP contribution in [0.3, 0.4) is 0 Å². The first kappa shape index (κ1) is 20.4. The van der Waals surface area contributed by atoms with Crippen LogP contribution in [0.15, 0.2) is 16.8 Å². The number of piperidine rings is 1. The molecule has 1 aliphatic rings. The number of amides is 4. The van der Waals surface area contributed by atoms with Crippen LogP contribution in [0.4, 0.5) is 4.79 Å². The van der Waals surface area contributed by atoms with Crippen LogP contribution in [0.5, 0.6) is 0 Å². The lowest BCUT2D eigenvalue weighted by molar-refractivity contribution is -0.125. The number of urea groups is 1. The summed E-state index contributed by atoms with van der Waals surface area (Å²) in [7, 11) is 0. The third-order valence-corrected chi connectivity index (χ3v) is 4.98. The van der Waals surface area contributed by atoms with E-state index in [9.17, 15) is 14.4 Å². The molecule has 4 amide bonds. The van der Waals surface area contributed by atoms with Crippen molar-refractivity contribution in [3.63, 3.8) is 0 Å². The summed E-state index contributed by atoms with van der Waals surface area (Å²) in [5, 5.41) is 11.9. The van der Waals surface area contributed by atoms with Gasteiger partial charge in [-0.25, -0.2) is 4.79 Å². The molecule has 7 nitrogen and oxygen atoms in total. The summed E-state index contributed by atoms with van der Waals surface area (Å²) in [5.74, 6) is -0.359. The van der Waals surface area contributed by atoms with E-state index in [0.29, 0.717) is 18.7 Å². The highest BCUT2D eigenvalue weighted by Gasteiger charge is 2.28. The maximum atomic E-state index is 12.3. The normalized spacial score (nSPS) is 17.4. The van der Waals surface area contributed by atoms with Gasteiger partial charge in [0.05, 0.1) is 6.04 Å². The molecule has 0 spiro atoms. The molecule has 1 saturated heterocycles. The average molecular weight is 381 g/mol. The molecule has 0 aromatic carbocycles. The molecular formula is C18H28N4O3S. The Morgan fingerprint density at radius 3 is 2.42 bits per heavy atom. The van der Waals surface area contributed by atoms with Crippen molar-refractivity contribution in [2.24, 2.45) is 0 Å². The molecule has 0 radical (unpaired) electrons. The van der Waals surface area contributed by atoms with E-state index in [0.717, 1.165) is 12.8 Å². The van der Waals surface area contributed by atoms with Crippen molar-refractivity contribution < 1.29 is 14.4 Å². The fourth-order valence-electron chi connectivity index (χ4n) is 2.85. The van der Waals surface area contributed by atoms with Crippen LogP contribution in [0.1, 0.15) is 50.9 Å². The SMILES string of the molecule is CC(C(=O)NC(=O)NC(C)(C)C)N1CCC(NC(=O)c2ccsc2)CC1. The van der Waals surface area contributed by atoms with Crippen molar-refractivity contribution in [3.05, 3.63) is 22.4 Å². The fraction of sp³-hybridized carbons (Fsp3) is 0.611. The highest BCUT2D eigenvalue weighted by atomic mass is 32.1. The van der Waals surface area contributed by atoms with E-state index < -0.39 is 17.6 Å². The smallest absolute Gasteiger partial charge is 0.321 e. The third kappa shape index (κ3) is 6.10. The Kier molecular flexibility index (Phi) is 6.77. The quantitative estimate of drug-likeness (QED) is 0.745. The summed E-state index contributed by atoms with van der Waals surface area (Å²) >= 11 is 1.50. The molecule has 3 N–H and O–H groups in total. The molecule has 1 fully saturated rings. The predicted molar refractivity (Wildman–Crippen MR) is 102 cm³/mol. The van der Waals surface area contributed by atoms with Crippen LogP contribution < -0.4 is 16.0 Å². The number of nitrogens with zero attached hydrogens (tertiary/aromatic N) is 1. The van der Waals surface area contributed by atoms with Gasteiger partial charge in [0.15, 0.2) is 0 Å². The largest absolute Gasteiger partial charge is 0.349 e. The van der Waals surface area contributed by atoms with Gasteiger partial charge >= 0.3 is 6.03 Å². The van der Waals surface area contributed by atoms with Crippen LogP contribution in [0.25, 0.3) is 0 Å². The molecule has 1 aromatic rings. The lowest BCUT2D eigenvalue weighted by Gasteiger charge is -2.35. The van der Waals surface area contributed by atoms with Crippen molar-refractivity contribution in [1.82, 2.24) is 20.9 Å². The van der Waals surface area contributed by atoms with Gasteiger partial charge in [0.1, 0.15) is 0 Å². The first-order valence-electron chi connectivity index (χ1n) is 8.86. The summed E-state index contributed by atoms with van der Waals surface area (Å²) in [6, 6.07) is 1.05. The van der Waals surface area contributed by atoms with Gasteiger partial charge in [-0.3, -0.25) is 19.8 Å². The monoisotopic (exact) mass is 380 g/mol. The number of rotatable bonds is 4. The van der Waals surface area contributed by atoms with Crippen molar-refractivity contribution in [3.8, 4) is 0 Å². The van der Waals surface area contributed by atoms with E-state index in [1.807, 2.05) is 42.5 Å². The van der Waals surface area contributed by atoms with Gasteiger partial charge in [-0.05, 0) is 52.0 Å². The third-order valence-electron chi connectivity index (χ3n) is 4.30. The summed E-state index contributed by atoms with van der Waals surface area (Å²) in [5.41, 5.74) is 0.294. The van der Waals surface area contributed by atoms with Gasteiger partial charge in [-0.15, -0.1) is 0 Å². The fourth-order valence-corrected chi connectivity index (χ4v) is 3.48. The van der Waals surface area contributed by atoms with Gasteiger partial charge in [-0.1, -0.05) is 0 Å². The van der Waals surface area contributed by atoms with Gasteiger partial charge in [-0.2, -0.15) is 11.3 Å². The van der Waals surface area contributed by atoms with E-state index >= 15 is 0 Å². The van der Waals surface area contributed by atoms with E-state index in [-0.39, 0.29) is 17.9 Å². The molecule has 0 aliphatic carbocycles. The lowest BCUT2D eigenvalue weighted by atomic mass is 10.0. The zero-order valence-electron chi connectivity index (χ0n) is 15.8. The van der Waals surface area contributed by atoms with Crippen molar-refractivity contribution in [2.45, 2.75) is 58.2 Å². The molecule has 0 saturated carbocycles. The number of thiophene rings is 1. The minimum Gasteiger partial charge on any atom is -0.349 e. The van der Waals surface area contributed by atoms with E-state index in [4.69, 9.17) is 0 Å². The lowest BCUT2D eigenvalue weighted by Crippen LogP contribution is -2.55. The van der Waals surface area contributed by atoms with Crippen LogP contribution in [0.2, 0.25) is 0 Å². The number of hydrogen-bond acceptors (Lipinski definition) is 5. The summed E-state index contributed by atoms with van der Waals surface area (Å²) < 4.78 is 0. The van der Waals surface area contributed by atoms with E-state index in [1.54, 1.807) is 6.92 Å².